The van der Waals surface area contributed by atoms with E-state index in [4.69, 9.17) is 11.6 Å². The Morgan fingerprint density at radius 3 is 2.81 bits per heavy atom. The molecule has 26 heavy (non-hydrogen) atoms. The second-order valence-electron chi connectivity index (χ2n) is 7.96. The Labute approximate surface area is 166 Å². The van der Waals surface area contributed by atoms with Gasteiger partial charge in [0.05, 0.1) is 0 Å². The molecule has 0 radical (unpaired) electrons. The molecule has 4 heteroatoms. The fourth-order valence-electron chi connectivity index (χ4n) is 3.73. The van der Waals surface area contributed by atoms with Crippen molar-refractivity contribution in [2.45, 2.75) is 59.0 Å². The fraction of sp³-hybridized carbons (Fsp3) is 0.500. The molecule has 1 aliphatic heterocycles. The molecule has 1 aromatic carbocycles. The van der Waals surface area contributed by atoms with Crippen molar-refractivity contribution in [2.75, 3.05) is 6.54 Å². The maximum atomic E-state index is 11.8. The largest absolute Gasteiger partial charge is 0.299 e. The number of nitrogens with zero attached hydrogens (tertiary/aromatic N) is 1. The second kappa shape index (κ2) is 8.24. The highest BCUT2D eigenvalue weighted by Gasteiger charge is 2.28. The number of halogens is 1. The molecule has 0 bridgehead atoms. The first kappa shape index (κ1) is 19.6. The smallest absolute Gasteiger partial charge is 0.135 e. The molecule has 3 rings (SSSR count). The minimum atomic E-state index is -0.243. The van der Waals surface area contributed by atoms with Gasteiger partial charge in [0.15, 0.2) is 0 Å². The van der Waals surface area contributed by atoms with Gasteiger partial charge in [0.25, 0.3) is 0 Å². The summed E-state index contributed by atoms with van der Waals surface area (Å²) in [5.41, 5.74) is 2.43. The van der Waals surface area contributed by atoms with Crippen LogP contribution in [0.2, 0.25) is 5.02 Å². The Kier molecular flexibility index (Phi) is 6.21. The monoisotopic (exact) mass is 389 g/mol. The average Bonchev–Trinajstić information content (AvgIpc) is 3.07. The number of carbonyl (C=O) groups is 1. The van der Waals surface area contributed by atoms with Crippen molar-refractivity contribution in [1.29, 1.82) is 0 Å². The number of benzene rings is 1. The molecule has 1 unspecified atom stereocenters. The first-order chi connectivity index (χ1) is 12.4. The molecule has 0 fully saturated rings. The van der Waals surface area contributed by atoms with Crippen LogP contribution in [0.3, 0.4) is 0 Å². The van der Waals surface area contributed by atoms with Crippen molar-refractivity contribution in [1.82, 2.24) is 4.90 Å². The molecular weight excluding hydrogens is 362 g/mol. The van der Waals surface area contributed by atoms with E-state index in [9.17, 15) is 4.79 Å². The van der Waals surface area contributed by atoms with E-state index in [1.807, 2.05) is 23.5 Å². The van der Waals surface area contributed by atoms with E-state index in [1.54, 1.807) is 6.92 Å². The molecule has 1 aliphatic rings. The Morgan fingerprint density at radius 2 is 2.08 bits per heavy atom. The molecule has 2 heterocycles. The van der Waals surface area contributed by atoms with E-state index < -0.39 is 0 Å². The van der Waals surface area contributed by atoms with Crippen molar-refractivity contribution >= 4 is 28.7 Å². The highest BCUT2D eigenvalue weighted by molar-refractivity contribution is 7.10. The predicted molar refractivity (Wildman–Crippen MR) is 111 cm³/mol. The topological polar surface area (TPSA) is 20.3 Å². The minimum Gasteiger partial charge on any atom is -0.299 e. The standard InChI is InChI=1S/C22H28ClNOS/c1-16(25)22(2,3)12-6-9-20(18-7-4-5-8-19(18)23)24-13-10-21-17(15-24)11-14-26-21/h4-5,7-8,11,14,20H,6,9-10,12-13,15H2,1-3H3. The normalized spacial score (nSPS) is 16.3. The summed E-state index contributed by atoms with van der Waals surface area (Å²) in [5, 5.41) is 3.05. The zero-order chi connectivity index (χ0) is 18.7. The van der Waals surface area contributed by atoms with Crippen LogP contribution in [0.5, 0.6) is 0 Å². The summed E-state index contributed by atoms with van der Waals surface area (Å²) in [6.45, 7) is 7.87. The Bertz CT molecular complexity index is 767. The van der Waals surface area contributed by atoms with Crippen molar-refractivity contribution in [3.05, 3.63) is 56.7 Å². The number of ketones is 1. The molecule has 0 aliphatic carbocycles. The highest BCUT2D eigenvalue weighted by atomic mass is 35.5. The molecule has 0 saturated heterocycles. The van der Waals surface area contributed by atoms with Gasteiger partial charge < -0.3 is 0 Å². The molecule has 0 spiro atoms. The number of Topliss-reactive ketones (excluding diaryl/α,β-unsaturated/α-hetero) is 1. The van der Waals surface area contributed by atoms with Gasteiger partial charge in [-0.1, -0.05) is 50.1 Å². The van der Waals surface area contributed by atoms with Crippen LogP contribution >= 0.6 is 22.9 Å². The van der Waals surface area contributed by atoms with E-state index in [2.05, 4.69) is 42.3 Å². The Morgan fingerprint density at radius 1 is 1.31 bits per heavy atom. The molecule has 0 N–H and O–H groups in total. The van der Waals surface area contributed by atoms with E-state index in [-0.39, 0.29) is 11.2 Å². The lowest BCUT2D eigenvalue weighted by Crippen LogP contribution is -2.34. The van der Waals surface area contributed by atoms with Gasteiger partial charge >= 0.3 is 0 Å². The summed E-state index contributed by atoms with van der Waals surface area (Å²) in [6, 6.07) is 10.8. The summed E-state index contributed by atoms with van der Waals surface area (Å²) in [6.07, 6.45) is 4.09. The molecular formula is C22H28ClNOS. The number of hydrogen-bond acceptors (Lipinski definition) is 3. The Hall–Kier alpha value is -1.16. The fourth-order valence-corrected chi connectivity index (χ4v) is 4.88. The van der Waals surface area contributed by atoms with Crippen LogP contribution in [0.25, 0.3) is 0 Å². The minimum absolute atomic E-state index is 0.243. The zero-order valence-corrected chi connectivity index (χ0v) is 17.5. The molecule has 1 atom stereocenters. The van der Waals surface area contributed by atoms with Gasteiger partial charge in [0.2, 0.25) is 0 Å². The molecule has 0 amide bonds. The SMILES string of the molecule is CC(=O)C(C)(C)CCCC(c1ccccc1Cl)N1CCc2sccc2C1. The van der Waals surface area contributed by atoms with Gasteiger partial charge in [0.1, 0.15) is 5.78 Å². The lowest BCUT2D eigenvalue weighted by molar-refractivity contribution is -0.125. The number of carbonyl (C=O) groups excluding carboxylic acids is 1. The van der Waals surface area contributed by atoms with Gasteiger partial charge in [-0.15, -0.1) is 11.3 Å². The van der Waals surface area contributed by atoms with Crippen LogP contribution in [-0.2, 0) is 17.8 Å². The predicted octanol–water partition coefficient (Wildman–Crippen LogP) is 6.29. The van der Waals surface area contributed by atoms with Crippen molar-refractivity contribution in [3.8, 4) is 0 Å². The first-order valence-electron chi connectivity index (χ1n) is 9.43. The summed E-state index contributed by atoms with van der Waals surface area (Å²) < 4.78 is 0. The van der Waals surface area contributed by atoms with E-state index >= 15 is 0 Å². The zero-order valence-electron chi connectivity index (χ0n) is 15.9. The third kappa shape index (κ3) is 4.39. The lowest BCUT2D eigenvalue weighted by atomic mass is 9.82. The van der Waals surface area contributed by atoms with E-state index in [1.165, 1.54) is 16.0 Å². The number of hydrogen-bond donors (Lipinski definition) is 0. The lowest BCUT2D eigenvalue weighted by Gasteiger charge is -2.36. The van der Waals surface area contributed by atoms with Gasteiger partial charge in [0, 0.05) is 34.4 Å². The highest BCUT2D eigenvalue weighted by Crippen LogP contribution is 2.37. The van der Waals surface area contributed by atoms with Crippen LogP contribution < -0.4 is 0 Å². The van der Waals surface area contributed by atoms with Gasteiger partial charge in [-0.25, -0.2) is 0 Å². The summed E-state index contributed by atoms with van der Waals surface area (Å²) >= 11 is 8.43. The number of fused-ring (bicyclic) bond motifs is 1. The first-order valence-corrected chi connectivity index (χ1v) is 10.7. The van der Waals surface area contributed by atoms with Gasteiger partial charge in [-0.05, 0) is 54.8 Å². The number of rotatable bonds is 7. The quantitative estimate of drug-likeness (QED) is 0.554. The van der Waals surface area contributed by atoms with Crippen LogP contribution in [0, 0.1) is 5.41 Å². The molecule has 1 aromatic heterocycles. The van der Waals surface area contributed by atoms with Crippen LogP contribution in [0.4, 0.5) is 0 Å². The average molecular weight is 390 g/mol. The van der Waals surface area contributed by atoms with Gasteiger partial charge in [-0.3, -0.25) is 9.69 Å². The van der Waals surface area contributed by atoms with Crippen molar-refractivity contribution in [2.24, 2.45) is 5.41 Å². The summed E-state index contributed by atoms with van der Waals surface area (Å²) in [4.78, 5) is 15.9. The van der Waals surface area contributed by atoms with Crippen LogP contribution in [-0.4, -0.2) is 17.2 Å². The molecule has 140 valence electrons. The summed E-state index contributed by atoms with van der Waals surface area (Å²) in [5.74, 6) is 0.271. The molecule has 0 saturated carbocycles. The third-order valence-corrected chi connectivity index (χ3v) is 7.14. The van der Waals surface area contributed by atoms with E-state index in [0.29, 0.717) is 6.04 Å². The van der Waals surface area contributed by atoms with Crippen molar-refractivity contribution in [3.63, 3.8) is 0 Å². The maximum absolute atomic E-state index is 11.8. The Balaban J connectivity index is 1.77. The maximum Gasteiger partial charge on any atom is 0.135 e. The molecule has 2 nitrogen and oxygen atoms in total. The van der Waals surface area contributed by atoms with Crippen LogP contribution in [0.1, 0.15) is 62.1 Å². The number of thiophene rings is 1. The second-order valence-corrected chi connectivity index (χ2v) is 9.37. The van der Waals surface area contributed by atoms with E-state index in [0.717, 1.165) is 43.8 Å². The van der Waals surface area contributed by atoms with Gasteiger partial charge in [-0.2, -0.15) is 0 Å². The summed E-state index contributed by atoms with van der Waals surface area (Å²) in [7, 11) is 0. The third-order valence-electron chi connectivity index (χ3n) is 5.77. The van der Waals surface area contributed by atoms with Crippen molar-refractivity contribution < 1.29 is 4.79 Å². The van der Waals surface area contributed by atoms with Crippen LogP contribution in [0.15, 0.2) is 35.7 Å². The molecule has 2 aromatic rings.